The molecule has 5 nitrogen and oxygen atoms in total. The molecule has 0 aliphatic heterocycles. The Hall–Kier alpha value is -3.13. The zero-order valence-electron chi connectivity index (χ0n) is 14.0. The number of hydrogen-bond acceptors (Lipinski definition) is 3. The van der Waals surface area contributed by atoms with Crippen LogP contribution in [0.4, 0.5) is 5.69 Å². The van der Waals surface area contributed by atoms with Crippen LogP contribution in [0, 0.1) is 17.2 Å². The smallest absolute Gasteiger partial charge is 0.253 e. The van der Waals surface area contributed by atoms with Gasteiger partial charge in [-0.1, -0.05) is 18.2 Å². The third kappa shape index (κ3) is 4.24. The second kappa shape index (κ2) is 7.18. The van der Waals surface area contributed by atoms with Gasteiger partial charge in [0, 0.05) is 30.8 Å². The van der Waals surface area contributed by atoms with E-state index in [1.807, 2.05) is 12.1 Å². The number of carbonyl (C=O) groups is 2. The Bertz CT molecular complexity index is 833. The van der Waals surface area contributed by atoms with Crippen LogP contribution in [0.25, 0.3) is 0 Å². The van der Waals surface area contributed by atoms with Crippen molar-refractivity contribution in [1.29, 1.82) is 5.26 Å². The predicted molar refractivity (Wildman–Crippen MR) is 94.8 cm³/mol. The highest BCUT2D eigenvalue weighted by atomic mass is 16.2. The summed E-state index contributed by atoms with van der Waals surface area (Å²) < 4.78 is 0. The molecule has 1 saturated carbocycles. The fourth-order valence-electron chi connectivity index (χ4n) is 2.57. The highest BCUT2D eigenvalue weighted by Gasteiger charge is 2.29. The van der Waals surface area contributed by atoms with Crippen LogP contribution < -0.4 is 5.32 Å². The van der Waals surface area contributed by atoms with Gasteiger partial charge in [-0.05, 0) is 48.7 Å². The lowest BCUT2D eigenvalue weighted by molar-refractivity contribution is -0.117. The number of nitrogens with one attached hydrogen (secondary N) is 1. The van der Waals surface area contributed by atoms with Crippen LogP contribution in [0.1, 0.15) is 34.3 Å². The van der Waals surface area contributed by atoms with E-state index in [1.165, 1.54) is 0 Å². The van der Waals surface area contributed by atoms with Gasteiger partial charge in [-0.15, -0.1) is 0 Å². The Labute approximate surface area is 146 Å². The summed E-state index contributed by atoms with van der Waals surface area (Å²) in [6.07, 6.45) is 1.88. The standard InChI is InChI=1S/C20H19N3O2/c1-23(13-15-7-5-14(12-21)6-8-15)20(25)17-3-2-4-18(11-17)22-19(24)16-9-10-16/h2-8,11,16H,9-10,13H2,1H3,(H,22,24). The first-order valence-electron chi connectivity index (χ1n) is 8.22. The normalized spacial score (nSPS) is 13.0. The minimum Gasteiger partial charge on any atom is -0.337 e. The molecule has 1 fully saturated rings. The first-order chi connectivity index (χ1) is 12.1. The molecule has 126 valence electrons. The first-order valence-corrected chi connectivity index (χ1v) is 8.22. The van der Waals surface area contributed by atoms with E-state index < -0.39 is 0 Å². The van der Waals surface area contributed by atoms with E-state index in [9.17, 15) is 9.59 Å². The maximum atomic E-state index is 12.6. The monoisotopic (exact) mass is 333 g/mol. The zero-order chi connectivity index (χ0) is 17.8. The summed E-state index contributed by atoms with van der Waals surface area (Å²) >= 11 is 0. The first kappa shape index (κ1) is 16.7. The maximum absolute atomic E-state index is 12.6. The molecule has 2 amide bonds. The Morgan fingerprint density at radius 3 is 2.56 bits per heavy atom. The van der Waals surface area contributed by atoms with E-state index in [1.54, 1.807) is 48.3 Å². The Morgan fingerprint density at radius 2 is 1.92 bits per heavy atom. The summed E-state index contributed by atoms with van der Waals surface area (Å²) in [4.78, 5) is 26.1. The van der Waals surface area contributed by atoms with Crippen molar-refractivity contribution in [2.24, 2.45) is 5.92 Å². The Morgan fingerprint density at radius 1 is 1.20 bits per heavy atom. The zero-order valence-corrected chi connectivity index (χ0v) is 14.0. The summed E-state index contributed by atoms with van der Waals surface area (Å²) in [6, 6.07) is 16.2. The molecule has 0 aromatic heterocycles. The number of anilines is 1. The lowest BCUT2D eigenvalue weighted by Crippen LogP contribution is -2.26. The van der Waals surface area contributed by atoms with Crippen molar-refractivity contribution in [3.8, 4) is 6.07 Å². The van der Waals surface area contributed by atoms with Crippen LogP contribution in [0.2, 0.25) is 0 Å². The molecule has 0 heterocycles. The number of carbonyl (C=O) groups excluding carboxylic acids is 2. The molecule has 0 atom stereocenters. The molecule has 0 unspecified atom stereocenters. The topological polar surface area (TPSA) is 73.2 Å². The molecule has 0 saturated heterocycles. The van der Waals surface area contributed by atoms with Crippen molar-refractivity contribution in [2.45, 2.75) is 19.4 Å². The maximum Gasteiger partial charge on any atom is 0.253 e. The lowest BCUT2D eigenvalue weighted by atomic mass is 10.1. The van der Waals surface area contributed by atoms with Crippen LogP contribution in [0.3, 0.4) is 0 Å². The molecule has 0 bridgehead atoms. The molecule has 3 rings (SSSR count). The summed E-state index contributed by atoms with van der Waals surface area (Å²) in [7, 11) is 1.73. The van der Waals surface area contributed by atoms with Gasteiger partial charge in [0.25, 0.3) is 5.91 Å². The average Bonchev–Trinajstić information content (AvgIpc) is 3.47. The highest BCUT2D eigenvalue weighted by molar-refractivity contribution is 5.98. The van der Waals surface area contributed by atoms with Crippen molar-refractivity contribution < 1.29 is 9.59 Å². The third-order valence-electron chi connectivity index (χ3n) is 4.17. The van der Waals surface area contributed by atoms with Gasteiger partial charge in [-0.3, -0.25) is 9.59 Å². The van der Waals surface area contributed by atoms with Gasteiger partial charge in [-0.2, -0.15) is 5.26 Å². The summed E-state index contributed by atoms with van der Waals surface area (Å²) in [5.41, 5.74) is 2.73. The average molecular weight is 333 g/mol. The Balaban J connectivity index is 1.66. The van der Waals surface area contributed by atoms with Gasteiger partial charge in [0.1, 0.15) is 0 Å². The van der Waals surface area contributed by atoms with Gasteiger partial charge < -0.3 is 10.2 Å². The van der Waals surface area contributed by atoms with Crippen LogP contribution in [0.15, 0.2) is 48.5 Å². The molecule has 25 heavy (non-hydrogen) atoms. The number of nitriles is 1. The molecule has 0 spiro atoms. The molecule has 2 aromatic rings. The second-order valence-electron chi connectivity index (χ2n) is 6.31. The number of nitrogens with zero attached hydrogens (tertiary/aromatic N) is 2. The minimum atomic E-state index is -0.119. The number of rotatable bonds is 5. The van der Waals surface area contributed by atoms with Crippen molar-refractivity contribution in [2.75, 3.05) is 12.4 Å². The van der Waals surface area contributed by atoms with E-state index in [0.717, 1.165) is 18.4 Å². The third-order valence-corrected chi connectivity index (χ3v) is 4.17. The molecule has 1 aliphatic carbocycles. The van der Waals surface area contributed by atoms with Crippen molar-refractivity contribution in [3.63, 3.8) is 0 Å². The van der Waals surface area contributed by atoms with Crippen molar-refractivity contribution >= 4 is 17.5 Å². The van der Waals surface area contributed by atoms with E-state index in [2.05, 4.69) is 11.4 Å². The van der Waals surface area contributed by atoms with E-state index >= 15 is 0 Å². The van der Waals surface area contributed by atoms with Gasteiger partial charge in [0.15, 0.2) is 0 Å². The SMILES string of the molecule is CN(Cc1ccc(C#N)cc1)C(=O)c1cccc(NC(=O)C2CC2)c1. The number of benzene rings is 2. The van der Waals surface area contributed by atoms with Crippen LogP contribution in [-0.2, 0) is 11.3 Å². The van der Waals surface area contributed by atoms with Gasteiger partial charge in [-0.25, -0.2) is 0 Å². The van der Waals surface area contributed by atoms with Gasteiger partial charge in [0.05, 0.1) is 11.6 Å². The lowest BCUT2D eigenvalue weighted by Gasteiger charge is -2.18. The molecule has 1 N–H and O–H groups in total. The van der Waals surface area contributed by atoms with Gasteiger partial charge >= 0.3 is 0 Å². The fraction of sp³-hybridized carbons (Fsp3) is 0.250. The molecule has 0 radical (unpaired) electrons. The number of amides is 2. The summed E-state index contributed by atoms with van der Waals surface area (Å²) in [6.45, 7) is 0.448. The summed E-state index contributed by atoms with van der Waals surface area (Å²) in [5.74, 6) is 0.0285. The second-order valence-corrected chi connectivity index (χ2v) is 6.31. The minimum absolute atomic E-state index is 0.0236. The van der Waals surface area contributed by atoms with Crippen LogP contribution >= 0.6 is 0 Å². The molecular formula is C20H19N3O2. The van der Waals surface area contributed by atoms with Crippen molar-refractivity contribution in [1.82, 2.24) is 4.90 Å². The molecular weight excluding hydrogens is 314 g/mol. The van der Waals surface area contributed by atoms with Crippen LogP contribution in [-0.4, -0.2) is 23.8 Å². The fourth-order valence-corrected chi connectivity index (χ4v) is 2.57. The quantitative estimate of drug-likeness (QED) is 0.913. The van der Waals surface area contributed by atoms with E-state index in [-0.39, 0.29) is 17.7 Å². The highest BCUT2D eigenvalue weighted by Crippen LogP contribution is 2.30. The van der Waals surface area contributed by atoms with Gasteiger partial charge in [0.2, 0.25) is 5.91 Å². The molecule has 5 heteroatoms. The Kier molecular flexibility index (Phi) is 4.80. The molecule has 2 aromatic carbocycles. The van der Waals surface area contributed by atoms with Crippen molar-refractivity contribution in [3.05, 3.63) is 65.2 Å². The van der Waals surface area contributed by atoms with E-state index in [0.29, 0.717) is 23.4 Å². The van der Waals surface area contributed by atoms with Crippen LogP contribution in [0.5, 0.6) is 0 Å². The molecule has 1 aliphatic rings. The largest absolute Gasteiger partial charge is 0.337 e. The summed E-state index contributed by atoms with van der Waals surface area (Å²) in [5, 5.41) is 11.7. The van der Waals surface area contributed by atoms with E-state index in [4.69, 9.17) is 5.26 Å². The number of hydrogen-bond donors (Lipinski definition) is 1. The predicted octanol–water partition coefficient (Wildman–Crippen LogP) is 3.18.